The third kappa shape index (κ3) is 6.78. The molecule has 0 spiro atoms. The monoisotopic (exact) mass is 359 g/mol. The van der Waals surface area contributed by atoms with Gasteiger partial charge in [0.05, 0.1) is 6.61 Å². The molecule has 0 heterocycles. The van der Waals surface area contributed by atoms with Crippen LogP contribution >= 0.6 is 15.9 Å². The molecule has 5 heteroatoms. The van der Waals surface area contributed by atoms with Gasteiger partial charge in [0.15, 0.2) is 0 Å². The lowest BCUT2D eigenvalue weighted by molar-refractivity contribution is 0.0161. The number of aliphatic hydroxyl groups is 1. The Morgan fingerprint density at radius 1 is 1.29 bits per heavy atom. The lowest BCUT2D eigenvalue weighted by atomic mass is 10.1. The Bertz CT molecular complexity index is 426. The number of hydrogen-bond donors (Lipinski definition) is 2. The molecular formula is C16H26BrNO3. The molecule has 0 radical (unpaired) electrons. The molecule has 0 saturated carbocycles. The Morgan fingerprint density at radius 3 is 2.71 bits per heavy atom. The summed E-state index contributed by atoms with van der Waals surface area (Å²) in [5.74, 6) is 0.845. The maximum atomic E-state index is 9.82. The predicted octanol–water partition coefficient (Wildman–Crippen LogP) is 3.03. The number of aliphatic hydroxyl groups excluding tert-OH is 1. The highest BCUT2D eigenvalue weighted by Gasteiger charge is 2.12. The van der Waals surface area contributed by atoms with Crippen LogP contribution in [0, 0.1) is 6.92 Å². The molecule has 21 heavy (non-hydrogen) atoms. The molecule has 120 valence electrons. The van der Waals surface area contributed by atoms with Crippen molar-refractivity contribution in [3.8, 4) is 5.75 Å². The van der Waals surface area contributed by atoms with Crippen LogP contribution in [0.4, 0.5) is 0 Å². The van der Waals surface area contributed by atoms with E-state index in [0.29, 0.717) is 13.2 Å². The van der Waals surface area contributed by atoms with Crippen molar-refractivity contribution in [2.75, 3.05) is 26.4 Å². The molecular weight excluding hydrogens is 334 g/mol. The van der Waals surface area contributed by atoms with Crippen LogP contribution in [0.3, 0.4) is 0 Å². The normalized spacial score (nSPS) is 12.4. The van der Waals surface area contributed by atoms with E-state index in [-0.39, 0.29) is 6.61 Å². The summed E-state index contributed by atoms with van der Waals surface area (Å²) in [5.41, 5.74) is 2.15. The SMILES string of the molecule is CCCNCc1cc(Br)cc(C)c1OCC(O)COCC. The van der Waals surface area contributed by atoms with Gasteiger partial charge in [0.2, 0.25) is 0 Å². The van der Waals surface area contributed by atoms with Crippen molar-refractivity contribution in [2.45, 2.75) is 39.8 Å². The molecule has 0 amide bonds. The van der Waals surface area contributed by atoms with Crippen LogP contribution in [0.2, 0.25) is 0 Å². The maximum Gasteiger partial charge on any atom is 0.126 e. The molecule has 1 rings (SSSR count). The minimum absolute atomic E-state index is 0.239. The van der Waals surface area contributed by atoms with Crippen molar-refractivity contribution < 1.29 is 14.6 Å². The zero-order valence-electron chi connectivity index (χ0n) is 13.1. The van der Waals surface area contributed by atoms with Crippen LogP contribution in [0.1, 0.15) is 31.4 Å². The number of rotatable bonds is 10. The van der Waals surface area contributed by atoms with Gasteiger partial charge in [-0.25, -0.2) is 0 Å². The number of halogens is 1. The van der Waals surface area contributed by atoms with Gasteiger partial charge in [0, 0.05) is 23.2 Å². The summed E-state index contributed by atoms with van der Waals surface area (Å²) in [6.45, 7) is 8.92. The summed E-state index contributed by atoms with van der Waals surface area (Å²) < 4.78 is 12.1. The van der Waals surface area contributed by atoms with Gasteiger partial charge in [0.1, 0.15) is 18.5 Å². The van der Waals surface area contributed by atoms with Gasteiger partial charge in [-0.05, 0) is 44.5 Å². The van der Waals surface area contributed by atoms with Crippen LogP contribution < -0.4 is 10.1 Å². The van der Waals surface area contributed by atoms with Crippen LogP contribution in [0.15, 0.2) is 16.6 Å². The topological polar surface area (TPSA) is 50.7 Å². The van der Waals surface area contributed by atoms with Crippen molar-refractivity contribution in [1.82, 2.24) is 5.32 Å². The fourth-order valence-electron chi connectivity index (χ4n) is 2.02. The molecule has 0 aliphatic rings. The average molecular weight is 360 g/mol. The van der Waals surface area contributed by atoms with Crippen molar-refractivity contribution in [1.29, 1.82) is 0 Å². The Morgan fingerprint density at radius 2 is 2.05 bits per heavy atom. The highest BCUT2D eigenvalue weighted by atomic mass is 79.9. The summed E-state index contributed by atoms with van der Waals surface area (Å²) >= 11 is 3.52. The van der Waals surface area contributed by atoms with E-state index in [1.54, 1.807) is 0 Å². The van der Waals surface area contributed by atoms with Crippen LogP contribution in [0.5, 0.6) is 5.75 Å². The summed E-state index contributed by atoms with van der Waals surface area (Å²) in [5, 5.41) is 13.2. The van der Waals surface area contributed by atoms with Gasteiger partial charge in [0.25, 0.3) is 0 Å². The molecule has 1 atom stereocenters. The minimum Gasteiger partial charge on any atom is -0.490 e. The number of aryl methyl sites for hydroxylation is 1. The third-order valence-electron chi connectivity index (χ3n) is 2.99. The molecule has 0 saturated heterocycles. The minimum atomic E-state index is -0.607. The van der Waals surface area contributed by atoms with Crippen LogP contribution in [-0.4, -0.2) is 37.6 Å². The zero-order chi connectivity index (χ0) is 15.7. The average Bonchev–Trinajstić information content (AvgIpc) is 2.44. The van der Waals surface area contributed by atoms with Crippen LogP contribution in [-0.2, 0) is 11.3 Å². The predicted molar refractivity (Wildman–Crippen MR) is 88.9 cm³/mol. The Labute approximate surface area is 136 Å². The second-order valence-electron chi connectivity index (χ2n) is 5.01. The molecule has 4 nitrogen and oxygen atoms in total. The van der Waals surface area contributed by atoms with Gasteiger partial charge in [-0.3, -0.25) is 0 Å². The third-order valence-corrected chi connectivity index (χ3v) is 3.45. The molecule has 1 aromatic rings. The molecule has 0 aliphatic heterocycles. The molecule has 0 aromatic heterocycles. The van der Waals surface area contributed by atoms with Gasteiger partial charge >= 0.3 is 0 Å². The first kappa shape index (κ1) is 18.4. The fraction of sp³-hybridized carbons (Fsp3) is 0.625. The van der Waals surface area contributed by atoms with E-state index in [0.717, 1.165) is 40.9 Å². The second-order valence-corrected chi connectivity index (χ2v) is 5.93. The van der Waals surface area contributed by atoms with Crippen molar-refractivity contribution >= 4 is 15.9 Å². The van der Waals surface area contributed by atoms with E-state index in [1.165, 1.54) is 0 Å². The fourth-order valence-corrected chi connectivity index (χ4v) is 2.64. The van der Waals surface area contributed by atoms with Crippen molar-refractivity contribution in [3.63, 3.8) is 0 Å². The lowest BCUT2D eigenvalue weighted by Gasteiger charge is -2.18. The van der Waals surface area contributed by atoms with Gasteiger partial charge in [-0.1, -0.05) is 22.9 Å². The van der Waals surface area contributed by atoms with Gasteiger partial charge in [-0.2, -0.15) is 0 Å². The van der Waals surface area contributed by atoms with E-state index in [2.05, 4.69) is 34.2 Å². The van der Waals surface area contributed by atoms with Gasteiger partial charge in [-0.15, -0.1) is 0 Å². The molecule has 2 N–H and O–H groups in total. The Hall–Kier alpha value is -0.620. The van der Waals surface area contributed by atoms with E-state index in [9.17, 15) is 5.11 Å². The van der Waals surface area contributed by atoms with Crippen molar-refractivity contribution in [3.05, 3.63) is 27.7 Å². The largest absolute Gasteiger partial charge is 0.490 e. The van der Waals surface area contributed by atoms with Gasteiger partial charge < -0.3 is 19.9 Å². The maximum absolute atomic E-state index is 9.82. The Kier molecular flexibility index (Phi) is 8.92. The standard InChI is InChI=1S/C16H26BrNO3/c1-4-6-18-9-13-8-14(17)7-12(3)16(13)21-11-15(19)10-20-5-2/h7-8,15,18-19H,4-6,9-11H2,1-3H3. The summed E-state index contributed by atoms with van der Waals surface area (Å²) in [4.78, 5) is 0. The highest BCUT2D eigenvalue weighted by molar-refractivity contribution is 9.10. The first-order chi connectivity index (χ1) is 10.1. The molecule has 0 bridgehead atoms. The molecule has 0 aliphatic carbocycles. The second kappa shape index (κ2) is 10.2. The summed E-state index contributed by atoms with van der Waals surface area (Å²) in [6, 6.07) is 4.08. The number of hydrogen-bond acceptors (Lipinski definition) is 4. The van der Waals surface area contributed by atoms with Crippen molar-refractivity contribution in [2.24, 2.45) is 0 Å². The molecule has 0 fully saturated rings. The first-order valence-electron chi connectivity index (χ1n) is 7.46. The van der Waals surface area contributed by atoms with E-state index < -0.39 is 6.10 Å². The van der Waals surface area contributed by atoms with Crippen LogP contribution in [0.25, 0.3) is 0 Å². The zero-order valence-corrected chi connectivity index (χ0v) is 14.7. The Balaban J connectivity index is 2.69. The molecule has 1 aromatic carbocycles. The van der Waals surface area contributed by atoms with E-state index in [4.69, 9.17) is 9.47 Å². The first-order valence-corrected chi connectivity index (χ1v) is 8.26. The number of benzene rings is 1. The summed E-state index contributed by atoms with van der Waals surface area (Å²) in [6.07, 6.45) is 0.487. The smallest absolute Gasteiger partial charge is 0.126 e. The highest BCUT2D eigenvalue weighted by Crippen LogP contribution is 2.28. The summed E-state index contributed by atoms with van der Waals surface area (Å²) in [7, 11) is 0. The van der Waals surface area contributed by atoms with E-state index in [1.807, 2.05) is 19.9 Å². The number of ether oxygens (including phenoxy) is 2. The molecule has 1 unspecified atom stereocenters. The number of nitrogens with one attached hydrogen (secondary N) is 1. The quantitative estimate of drug-likeness (QED) is 0.630. The lowest BCUT2D eigenvalue weighted by Crippen LogP contribution is -2.24. The van der Waals surface area contributed by atoms with E-state index >= 15 is 0 Å².